The summed E-state index contributed by atoms with van der Waals surface area (Å²) in [4.78, 5) is 71.0. The van der Waals surface area contributed by atoms with E-state index in [-0.39, 0.29) is 46.5 Å². The van der Waals surface area contributed by atoms with E-state index >= 15 is 0 Å². The predicted octanol–water partition coefficient (Wildman–Crippen LogP) is 2.58. The van der Waals surface area contributed by atoms with Crippen molar-refractivity contribution < 1.29 is 56.9 Å². The Hall–Kier alpha value is -3.74. The SMILES string of the molecule is CC(=O)CCC(=O)OC[C@H]1O[C@@H](n2cnc3c(=O)[nH]c(NC(=O)C(C)C)nc32)[C@H](OC2CCCO2)[C@@]1(O)OP(=O)(O)Oc1ccccc1Cl. The molecule has 1 amide bonds. The van der Waals surface area contributed by atoms with Crippen LogP contribution in [0.25, 0.3) is 11.2 Å². The first-order valence-electron chi connectivity index (χ1n) is 15.2. The molecule has 18 nitrogen and oxygen atoms in total. The molecule has 2 aliphatic rings. The molecule has 0 saturated carbocycles. The third-order valence-electron chi connectivity index (χ3n) is 7.48. The van der Waals surface area contributed by atoms with Gasteiger partial charge in [0.2, 0.25) is 17.6 Å². The number of carbonyl (C=O) groups is 3. The van der Waals surface area contributed by atoms with Crippen LogP contribution in [0.15, 0.2) is 35.4 Å². The van der Waals surface area contributed by atoms with Gasteiger partial charge in [0.15, 0.2) is 35.9 Å². The zero-order valence-electron chi connectivity index (χ0n) is 26.6. The topological polar surface area (TPSA) is 240 Å². The standard InChI is InChI=1S/C29H35ClN5O13P/c1-15(2)25(38)33-28-32-24-22(26(39)34-28)31-14-35(24)27-23(46-21-9-6-12-43-21)29(40,19(45-27)13-44-20(37)11-10-16(3)36)48-49(41,42)47-18-8-5-4-7-17(18)30/h4-5,7-8,14-15,19,21,23,27,40H,6,9-13H2,1-3H3,(H,41,42)(H2,32,33,34,38,39)/t19-,21?,23+,27-,29+/m1/s1. The Morgan fingerprint density at radius 3 is 2.69 bits per heavy atom. The Morgan fingerprint density at radius 2 is 2.02 bits per heavy atom. The maximum absolute atomic E-state index is 13.5. The van der Waals surface area contributed by atoms with Gasteiger partial charge in [0, 0.05) is 25.4 Å². The lowest BCUT2D eigenvalue weighted by Gasteiger charge is -2.34. The number of Topliss-reactive ketones (excluding diaryl/α,β-unsaturated/α-hetero) is 1. The number of hydrogen-bond acceptors (Lipinski definition) is 14. The quantitative estimate of drug-likeness (QED) is 0.106. The molecule has 0 bridgehead atoms. The molecule has 2 fully saturated rings. The number of phosphoric ester groups is 1. The first-order chi connectivity index (χ1) is 23.2. The minimum absolute atomic E-state index is 0.0439. The van der Waals surface area contributed by atoms with Crippen LogP contribution in [0, 0.1) is 5.92 Å². The van der Waals surface area contributed by atoms with Crippen LogP contribution in [0.4, 0.5) is 5.95 Å². The van der Waals surface area contributed by atoms with E-state index in [1.54, 1.807) is 19.9 Å². The van der Waals surface area contributed by atoms with Gasteiger partial charge in [-0.15, -0.1) is 0 Å². The number of H-pyrrole nitrogens is 1. The highest BCUT2D eigenvalue weighted by Crippen LogP contribution is 2.54. The molecule has 4 N–H and O–H groups in total. The second-order valence-electron chi connectivity index (χ2n) is 11.6. The fraction of sp³-hybridized carbons (Fsp3) is 0.517. The number of ether oxygens (including phenoxy) is 4. The number of nitrogens with one attached hydrogen (secondary N) is 2. The smallest absolute Gasteiger partial charge is 0.463 e. The maximum atomic E-state index is 13.5. The molecule has 0 aliphatic carbocycles. The Labute approximate surface area is 283 Å². The lowest BCUT2D eigenvalue weighted by Crippen LogP contribution is -2.53. The van der Waals surface area contributed by atoms with Crippen molar-refractivity contribution >= 4 is 54.2 Å². The van der Waals surface area contributed by atoms with Crippen LogP contribution in [0.5, 0.6) is 5.75 Å². The van der Waals surface area contributed by atoms with Gasteiger partial charge in [0.1, 0.15) is 18.1 Å². The van der Waals surface area contributed by atoms with Crippen molar-refractivity contribution in [3.63, 3.8) is 0 Å². The molecule has 2 saturated heterocycles. The summed E-state index contributed by atoms with van der Waals surface area (Å²) in [6.45, 7) is 4.11. The molecule has 49 heavy (non-hydrogen) atoms. The fourth-order valence-corrected chi connectivity index (χ4v) is 6.25. The van der Waals surface area contributed by atoms with Crippen molar-refractivity contribution in [1.82, 2.24) is 19.5 Å². The molecule has 0 spiro atoms. The summed E-state index contributed by atoms with van der Waals surface area (Å²) in [6, 6.07) is 5.72. The number of amides is 1. The van der Waals surface area contributed by atoms with Crippen LogP contribution in [0.3, 0.4) is 0 Å². The van der Waals surface area contributed by atoms with Crippen LogP contribution >= 0.6 is 19.4 Å². The molecule has 20 heteroatoms. The maximum Gasteiger partial charge on any atom is 0.530 e. The minimum atomic E-state index is -5.30. The average Bonchev–Trinajstić information content (AvgIpc) is 3.75. The summed E-state index contributed by atoms with van der Waals surface area (Å²) in [7, 11) is -5.30. The van der Waals surface area contributed by atoms with Crippen molar-refractivity contribution in [2.45, 2.75) is 77.0 Å². The molecule has 4 heterocycles. The number of rotatable bonds is 14. The number of fused-ring (bicyclic) bond motifs is 1. The van der Waals surface area contributed by atoms with Crippen molar-refractivity contribution in [2.75, 3.05) is 18.5 Å². The number of aliphatic hydroxyl groups is 1. The predicted molar refractivity (Wildman–Crippen MR) is 168 cm³/mol. The zero-order valence-corrected chi connectivity index (χ0v) is 28.2. The third kappa shape index (κ3) is 8.53. The number of anilines is 1. The van der Waals surface area contributed by atoms with Crippen molar-refractivity contribution in [2.24, 2.45) is 5.92 Å². The van der Waals surface area contributed by atoms with Crippen molar-refractivity contribution in [1.29, 1.82) is 0 Å². The number of halogens is 1. The van der Waals surface area contributed by atoms with E-state index < -0.39 is 68.3 Å². The van der Waals surface area contributed by atoms with Gasteiger partial charge < -0.3 is 33.4 Å². The molecule has 266 valence electrons. The largest absolute Gasteiger partial charge is 0.530 e. The average molecular weight is 728 g/mol. The van der Waals surface area contributed by atoms with Crippen LogP contribution in [0.2, 0.25) is 5.02 Å². The summed E-state index contributed by atoms with van der Waals surface area (Å²) in [5, 5.41) is 14.7. The van der Waals surface area contributed by atoms with Crippen LogP contribution in [-0.2, 0) is 42.4 Å². The molecule has 2 aliphatic heterocycles. The molecular weight excluding hydrogens is 693 g/mol. The van der Waals surface area contributed by atoms with E-state index in [1.165, 1.54) is 29.7 Å². The van der Waals surface area contributed by atoms with Crippen LogP contribution < -0.4 is 15.4 Å². The first-order valence-corrected chi connectivity index (χ1v) is 17.1. The highest BCUT2D eigenvalue weighted by molar-refractivity contribution is 7.47. The number of esters is 1. The van der Waals surface area contributed by atoms with E-state index in [2.05, 4.69) is 20.3 Å². The summed E-state index contributed by atoms with van der Waals surface area (Å²) < 4.78 is 48.4. The minimum Gasteiger partial charge on any atom is -0.463 e. The summed E-state index contributed by atoms with van der Waals surface area (Å²) >= 11 is 6.12. The number of nitrogens with zero attached hydrogens (tertiary/aromatic N) is 3. The Morgan fingerprint density at radius 1 is 1.27 bits per heavy atom. The normalized spacial score (nSPS) is 25.0. The molecule has 6 atom stereocenters. The lowest BCUT2D eigenvalue weighted by molar-refractivity contribution is -0.266. The molecule has 0 radical (unpaired) electrons. The molecular formula is C29H35ClN5O13P. The molecule has 2 unspecified atom stereocenters. The summed E-state index contributed by atoms with van der Waals surface area (Å²) in [5.41, 5.74) is -1.07. The number of benzene rings is 1. The van der Waals surface area contributed by atoms with Crippen LogP contribution in [-0.4, -0.2) is 84.7 Å². The van der Waals surface area contributed by atoms with Gasteiger partial charge >= 0.3 is 13.8 Å². The summed E-state index contributed by atoms with van der Waals surface area (Å²) in [5.74, 6) is -5.42. The van der Waals surface area contributed by atoms with E-state index in [1.807, 2.05) is 0 Å². The zero-order chi connectivity index (χ0) is 35.5. The van der Waals surface area contributed by atoms with Crippen molar-refractivity contribution in [3.8, 4) is 5.75 Å². The first kappa shape index (κ1) is 36.5. The van der Waals surface area contributed by atoms with Gasteiger partial charge in [-0.2, -0.15) is 4.98 Å². The van der Waals surface area contributed by atoms with E-state index in [0.717, 1.165) is 6.33 Å². The Kier molecular flexibility index (Phi) is 11.2. The van der Waals surface area contributed by atoms with Gasteiger partial charge in [-0.25, -0.2) is 14.1 Å². The van der Waals surface area contributed by atoms with Gasteiger partial charge in [0.25, 0.3) is 5.56 Å². The summed E-state index contributed by atoms with van der Waals surface area (Å²) in [6.07, 6.45) is -4.37. The number of phosphoric acid groups is 1. The number of ketones is 1. The van der Waals surface area contributed by atoms with Gasteiger partial charge in [-0.1, -0.05) is 37.6 Å². The number of aromatic nitrogens is 4. The van der Waals surface area contributed by atoms with E-state index in [0.29, 0.717) is 19.4 Å². The number of aromatic amines is 1. The van der Waals surface area contributed by atoms with Gasteiger partial charge in [-0.05, 0) is 25.5 Å². The lowest BCUT2D eigenvalue weighted by atomic mass is 10.1. The van der Waals surface area contributed by atoms with Crippen molar-refractivity contribution in [3.05, 3.63) is 46.0 Å². The van der Waals surface area contributed by atoms with Crippen LogP contribution in [0.1, 0.15) is 52.7 Å². The third-order valence-corrected chi connectivity index (χ3v) is 8.74. The number of imidazole rings is 1. The highest BCUT2D eigenvalue weighted by Gasteiger charge is 2.63. The molecule has 1 aromatic carbocycles. The number of hydrogen-bond donors (Lipinski definition) is 4. The number of para-hydroxylation sites is 1. The highest BCUT2D eigenvalue weighted by atomic mass is 35.5. The van der Waals surface area contributed by atoms with Gasteiger partial charge in [-0.3, -0.25) is 34.1 Å². The Balaban J connectivity index is 1.56. The van der Waals surface area contributed by atoms with Gasteiger partial charge in [0.05, 0.1) is 17.8 Å². The molecule has 3 aromatic rings. The van der Waals surface area contributed by atoms with E-state index in [4.69, 9.17) is 39.6 Å². The van der Waals surface area contributed by atoms with E-state index in [9.17, 15) is 33.7 Å². The second-order valence-corrected chi connectivity index (χ2v) is 13.3. The monoisotopic (exact) mass is 727 g/mol. The second kappa shape index (κ2) is 15.0. The fourth-order valence-electron chi connectivity index (χ4n) is 4.99. The number of carbonyl (C=O) groups excluding carboxylic acids is 3. The molecule has 2 aromatic heterocycles. The molecule has 5 rings (SSSR count). The Bertz CT molecular complexity index is 1810.